The summed E-state index contributed by atoms with van der Waals surface area (Å²) in [4.78, 5) is 103. The first-order valence-electron chi connectivity index (χ1n) is 22.0. The third-order valence-electron chi connectivity index (χ3n) is 10.7. The number of amides is 4. The Bertz CT molecular complexity index is 2600. The third-order valence-corrected chi connectivity index (χ3v) is 10.7. The molecule has 4 N–H and O–H groups in total. The van der Waals surface area contributed by atoms with Crippen molar-refractivity contribution in [2.45, 2.75) is 38.1 Å². The first kappa shape index (κ1) is 49.0. The minimum Gasteiger partial charge on any atom is -0.454 e. The van der Waals surface area contributed by atoms with Gasteiger partial charge in [-0.15, -0.1) is 0 Å². The van der Waals surface area contributed by atoms with Crippen molar-refractivity contribution >= 4 is 47.5 Å². The standard InChI is InChI=1S/C50H48N8O12/c59-43-31-68-46(62)26-54-50(66)42(24-34-13-17-36(18-14-34)30-58-40(20-22-56-58)38-9-5-2-6-10-38)70-48(64)28-52-44(60)32-67-45(61)25-53-49(65)41(69-47(63)27-51-43)23-33-11-15-35(16-12-33)29-57-39(19-21-55-57)37-7-3-1-4-8-37/h1-22,41-42H,23-32H2,(H,51,59)(H,52,60)(H,53,65)(H,54,66). The summed E-state index contributed by atoms with van der Waals surface area (Å²) in [5.74, 6) is -7.72. The monoisotopic (exact) mass is 952 g/mol. The van der Waals surface area contributed by atoms with Gasteiger partial charge in [-0.05, 0) is 45.5 Å². The molecule has 1 fully saturated rings. The number of nitrogens with zero attached hydrogens (tertiary/aromatic N) is 4. The van der Waals surface area contributed by atoms with Crippen LogP contribution in [-0.4, -0.2) is 119 Å². The number of ether oxygens (including phenoxy) is 4. The van der Waals surface area contributed by atoms with E-state index in [0.717, 1.165) is 33.6 Å². The fraction of sp³-hybridized carbons (Fsp3) is 0.240. The molecular formula is C50H48N8O12. The molecule has 0 saturated carbocycles. The molecule has 4 amide bonds. The van der Waals surface area contributed by atoms with Crippen molar-refractivity contribution < 1.29 is 57.3 Å². The Hall–Kier alpha value is -8.94. The third kappa shape index (κ3) is 14.5. The minimum atomic E-state index is -1.50. The van der Waals surface area contributed by atoms with E-state index in [1.54, 1.807) is 36.7 Å². The van der Waals surface area contributed by atoms with Crippen molar-refractivity contribution in [2.24, 2.45) is 0 Å². The molecule has 0 aliphatic carbocycles. The number of hydrogen-bond acceptors (Lipinski definition) is 14. The van der Waals surface area contributed by atoms with Crippen LogP contribution >= 0.6 is 0 Å². The van der Waals surface area contributed by atoms with Crippen molar-refractivity contribution in [3.05, 3.63) is 156 Å². The van der Waals surface area contributed by atoms with Crippen LogP contribution < -0.4 is 21.3 Å². The summed E-state index contributed by atoms with van der Waals surface area (Å²) in [6.07, 6.45) is 0.133. The van der Waals surface area contributed by atoms with Crippen LogP contribution in [0, 0.1) is 0 Å². The Morgan fingerprint density at radius 1 is 0.429 bits per heavy atom. The highest BCUT2D eigenvalue weighted by Gasteiger charge is 2.27. The molecule has 6 aromatic rings. The first-order valence-corrected chi connectivity index (χ1v) is 22.0. The molecule has 2 aromatic heterocycles. The lowest BCUT2D eigenvalue weighted by atomic mass is 10.0. The lowest BCUT2D eigenvalue weighted by Gasteiger charge is -2.19. The molecule has 2 atom stereocenters. The van der Waals surface area contributed by atoms with Gasteiger partial charge in [-0.25, -0.2) is 0 Å². The smallest absolute Gasteiger partial charge is 0.326 e. The highest BCUT2D eigenvalue weighted by molar-refractivity contribution is 5.91. The van der Waals surface area contributed by atoms with Crippen molar-refractivity contribution in [3.63, 3.8) is 0 Å². The molecule has 0 radical (unpaired) electrons. The molecule has 70 heavy (non-hydrogen) atoms. The molecule has 3 heterocycles. The molecule has 360 valence electrons. The van der Waals surface area contributed by atoms with E-state index in [9.17, 15) is 38.4 Å². The largest absolute Gasteiger partial charge is 0.454 e. The topological polar surface area (TPSA) is 257 Å². The van der Waals surface area contributed by atoms with Crippen LogP contribution in [0.1, 0.15) is 22.3 Å². The lowest BCUT2D eigenvalue weighted by molar-refractivity contribution is -0.157. The number of esters is 4. The number of benzene rings is 4. The Morgan fingerprint density at radius 3 is 1.17 bits per heavy atom. The van der Waals surface area contributed by atoms with E-state index in [-0.39, 0.29) is 12.8 Å². The maximum atomic E-state index is 13.3. The highest BCUT2D eigenvalue weighted by atomic mass is 16.6. The van der Waals surface area contributed by atoms with Gasteiger partial charge in [0.15, 0.2) is 25.4 Å². The van der Waals surface area contributed by atoms with Gasteiger partial charge in [0, 0.05) is 25.2 Å². The number of rotatable bonds is 10. The highest BCUT2D eigenvalue weighted by Crippen LogP contribution is 2.22. The molecule has 1 saturated heterocycles. The van der Waals surface area contributed by atoms with Crippen molar-refractivity contribution in [2.75, 3.05) is 39.4 Å². The van der Waals surface area contributed by atoms with E-state index < -0.39 is 99.1 Å². The maximum absolute atomic E-state index is 13.3. The second-order valence-corrected chi connectivity index (χ2v) is 15.8. The lowest BCUT2D eigenvalue weighted by Crippen LogP contribution is -2.45. The van der Waals surface area contributed by atoms with E-state index >= 15 is 0 Å². The van der Waals surface area contributed by atoms with Crippen molar-refractivity contribution in [1.82, 2.24) is 40.8 Å². The van der Waals surface area contributed by atoms with Gasteiger partial charge in [0.25, 0.3) is 23.6 Å². The fourth-order valence-electron chi connectivity index (χ4n) is 7.12. The molecule has 1 aliphatic heterocycles. The van der Waals surface area contributed by atoms with Gasteiger partial charge < -0.3 is 40.2 Å². The SMILES string of the molecule is O=C1COC(=O)CNC(=O)C(Cc2ccc(Cn3nccc3-c3ccccc3)cc2)OC(=O)CNC(=O)COC(=O)CNC(=O)C(Cc2ccc(Cn3nccc3-c3ccccc3)cc2)OC(=O)CN1. The van der Waals surface area contributed by atoms with Crippen LogP contribution in [0.5, 0.6) is 0 Å². The Labute approximate surface area is 400 Å². The van der Waals surface area contributed by atoms with Gasteiger partial charge in [0.1, 0.15) is 26.2 Å². The van der Waals surface area contributed by atoms with Crippen LogP contribution in [0.25, 0.3) is 22.5 Å². The van der Waals surface area contributed by atoms with E-state index in [0.29, 0.717) is 24.2 Å². The predicted octanol–water partition coefficient (Wildman–Crippen LogP) is 1.68. The summed E-state index contributed by atoms with van der Waals surface area (Å²) >= 11 is 0. The van der Waals surface area contributed by atoms with Gasteiger partial charge >= 0.3 is 23.9 Å². The minimum absolute atomic E-state index is 0.143. The summed E-state index contributed by atoms with van der Waals surface area (Å²) < 4.78 is 24.5. The van der Waals surface area contributed by atoms with E-state index in [4.69, 9.17) is 18.9 Å². The first-order chi connectivity index (χ1) is 33.9. The number of cyclic esters (lactones) is 4. The molecule has 7 rings (SSSR count). The fourth-order valence-corrected chi connectivity index (χ4v) is 7.12. The van der Waals surface area contributed by atoms with Crippen molar-refractivity contribution in [1.29, 1.82) is 0 Å². The van der Waals surface area contributed by atoms with Crippen molar-refractivity contribution in [3.8, 4) is 22.5 Å². The van der Waals surface area contributed by atoms with Gasteiger partial charge in [0.05, 0.1) is 24.5 Å². The second-order valence-electron chi connectivity index (χ2n) is 15.8. The Balaban J connectivity index is 0.955. The van der Waals surface area contributed by atoms with Crippen LogP contribution in [0.2, 0.25) is 0 Å². The molecule has 4 aromatic carbocycles. The van der Waals surface area contributed by atoms with Crippen LogP contribution in [-0.2, 0) is 83.2 Å². The molecular weight excluding hydrogens is 905 g/mol. The van der Waals surface area contributed by atoms with Gasteiger partial charge in [0.2, 0.25) is 0 Å². The molecule has 1 aliphatic rings. The molecule has 0 spiro atoms. The van der Waals surface area contributed by atoms with Gasteiger partial charge in [-0.2, -0.15) is 10.2 Å². The Morgan fingerprint density at radius 2 is 0.786 bits per heavy atom. The molecule has 0 bridgehead atoms. The molecule has 20 nitrogen and oxygen atoms in total. The van der Waals surface area contributed by atoms with E-state index in [2.05, 4.69) is 31.5 Å². The molecule has 20 heteroatoms. The summed E-state index contributed by atoms with van der Waals surface area (Å²) in [5.41, 5.74) is 6.75. The zero-order valence-corrected chi connectivity index (χ0v) is 37.6. The number of nitrogens with one attached hydrogen (secondary N) is 4. The normalized spacial score (nSPS) is 17.3. The number of carbonyl (C=O) groups is 8. The number of carbonyl (C=O) groups excluding carboxylic acids is 8. The van der Waals surface area contributed by atoms with Crippen LogP contribution in [0.15, 0.2) is 134 Å². The summed E-state index contributed by atoms with van der Waals surface area (Å²) in [7, 11) is 0. The maximum Gasteiger partial charge on any atom is 0.326 e. The summed E-state index contributed by atoms with van der Waals surface area (Å²) in [5, 5.41) is 18.0. The zero-order chi connectivity index (χ0) is 49.2. The Kier molecular flexibility index (Phi) is 16.9. The van der Waals surface area contributed by atoms with Crippen LogP contribution in [0.4, 0.5) is 0 Å². The summed E-state index contributed by atoms with van der Waals surface area (Å²) in [6, 6.07) is 37.6. The summed E-state index contributed by atoms with van der Waals surface area (Å²) in [6.45, 7) is -3.74. The average Bonchev–Trinajstić information content (AvgIpc) is 4.05. The molecule has 2 unspecified atom stereocenters. The average molecular weight is 953 g/mol. The second kappa shape index (κ2) is 24.2. The predicted molar refractivity (Wildman–Crippen MR) is 248 cm³/mol. The number of hydrogen-bond donors (Lipinski definition) is 4. The zero-order valence-electron chi connectivity index (χ0n) is 37.6. The van der Waals surface area contributed by atoms with E-state index in [1.807, 2.05) is 106 Å². The number of aromatic nitrogens is 4. The van der Waals surface area contributed by atoms with Gasteiger partial charge in [-0.3, -0.25) is 47.7 Å². The quantitative estimate of drug-likeness (QED) is 0.113. The van der Waals surface area contributed by atoms with E-state index in [1.165, 1.54) is 0 Å². The van der Waals surface area contributed by atoms with Gasteiger partial charge in [-0.1, -0.05) is 109 Å². The van der Waals surface area contributed by atoms with Crippen LogP contribution in [0.3, 0.4) is 0 Å².